The number of benzene rings is 2. The number of thioether (sulfide) groups is 1. The minimum atomic E-state index is -3.89. The SMILES string of the molecule is CSCCC(NC(=O)c1ccccc1Cl)C(=O)Nc1cccc(S(N)(=O)=O)c1. The molecule has 0 radical (unpaired) electrons. The highest BCUT2D eigenvalue weighted by Crippen LogP contribution is 2.17. The lowest BCUT2D eigenvalue weighted by atomic mass is 10.1. The third-order valence-electron chi connectivity index (χ3n) is 3.78. The van der Waals surface area contributed by atoms with Crippen LogP contribution in [0.1, 0.15) is 16.8 Å². The maximum atomic E-state index is 12.7. The zero-order valence-corrected chi connectivity index (χ0v) is 17.4. The summed E-state index contributed by atoms with van der Waals surface area (Å²) in [4.78, 5) is 25.1. The molecule has 0 heterocycles. The Balaban J connectivity index is 2.17. The lowest BCUT2D eigenvalue weighted by Crippen LogP contribution is -2.44. The molecule has 0 aliphatic heterocycles. The van der Waals surface area contributed by atoms with Crippen LogP contribution in [0.3, 0.4) is 0 Å². The summed E-state index contributed by atoms with van der Waals surface area (Å²) in [6.07, 6.45) is 2.28. The number of amides is 2. The minimum absolute atomic E-state index is 0.119. The van der Waals surface area contributed by atoms with Gasteiger partial charge in [0.15, 0.2) is 0 Å². The van der Waals surface area contributed by atoms with E-state index < -0.39 is 27.9 Å². The zero-order valence-electron chi connectivity index (χ0n) is 15.0. The smallest absolute Gasteiger partial charge is 0.253 e. The second-order valence-electron chi connectivity index (χ2n) is 5.85. The maximum absolute atomic E-state index is 12.7. The van der Waals surface area contributed by atoms with Gasteiger partial charge in [-0.1, -0.05) is 29.8 Å². The van der Waals surface area contributed by atoms with E-state index in [0.29, 0.717) is 12.2 Å². The van der Waals surface area contributed by atoms with E-state index in [4.69, 9.17) is 16.7 Å². The van der Waals surface area contributed by atoms with E-state index in [1.165, 1.54) is 36.0 Å². The van der Waals surface area contributed by atoms with Gasteiger partial charge in [0.2, 0.25) is 15.9 Å². The highest BCUT2D eigenvalue weighted by Gasteiger charge is 2.22. The molecule has 1 atom stereocenters. The molecule has 7 nitrogen and oxygen atoms in total. The quantitative estimate of drug-likeness (QED) is 0.581. The van der Waals surface area contributed by atoms with Crippen molar-refractivity contribution in [1.29, 1.82) is 0 Å². The first-order valence-electron chi connectivity index (χ1n) is 8.20. The van der Waals surface area contributed by atoms with Crippen LogP contribution in [0, 0.1) is 0 Å². The number of hydrogen-bond donors (Lipinski definition) is 3. The molecule has 0 bridgehead atoms. The standard InChI is InChI=1S/C18H20ClN3O4S2/c1-27-10-9-16(22-17(23)14-7-2-3-8-15(14)19)18(24)21-12-5-4-6-13(11-12)28(20,25)26/h2-8,11,16H,9-10H2,1H3,(H,21,24)(H,22,23)(H2,20,25,26). The highest BCUT2D eigenvalue weighted by molar-refractivity contribution is 7.98. The third kappa shape index (κ3) is 6.23. The predicted octanol–water partition coefficient (Wildman–Crippen LogP) is 2.48. The fourth-order valence-electron chi connectivity index (χ4n) is 2.37. The molecule has 10 heteroatoms. The van der Waals surface area contributed by atoms with E-state index in [9.17, 15) is 18.0 Å². The first-order chi connectivity index (χ1) is 13.2. The van der Waals surface area contributed by atoms with Gasteiger partial charge in [0.1, 0.15) is 6.04 Å². The van der Waals surface area contributed by atoms with Gasteiger partial charge in [0.05, 0.1) is 15.5 Å². The number of halogens is 1. The van der Waals surface area contributed by atoms with E-state index in [1.54, 1.807) is 24.3 Å². The van der Waals surface area contributed by atoms with Crippen LogP contribution < -0.4 is 15.8 Å². The van der Waals surface area contributed by atoms with E-state index >= 15 is 0 Å². The number of carbonyl (C=O) groups is 2. The third-order valence-corrected chi connectivity index (χ3v) is 5.67. The zero-order chi connectivity index (χ0) is 20.7. The summed E-state index contributed by atoms with van der Waals surface area (Å²) in [6, 6.07) is 11.3. The van der Waals surface area contributed by atoms with Crippen molar-refractivity contribution in [3.63, 3.8) is 0 Å². The van der Waals surface area contributed by atoms with Crippen molar-refractivity contribution in [2.45, 2.75) is 17.4 Å². The molecule has 0 aliphatic carbocycles. The summed E-state index contributed by atoms with van der Waals surface area (Å²) < 4.78 is 22.9. The van der Waals surface area contributed by atoms with Crippen LogP contribution in [-0.2, 0) is 14.8 Å². The Bertz CT molecular complexity index is 967. The van der Waals surface area contributed by atoms with Crippen LogP contribution in [0.2, 0.25) is 5.02 Å². The summed E-state index contributed by atoms with van der Waals surface area (Å²) in [5.74, 6) is -0.302. The number of carbonyl (C=O) groups excluding carboxylic acids is 2. The Morgan fingerprint density at radius 1 is 1.18 bits per heavy atom. The number of anilines is 1. The number of hydrogen-bond acceptors (Lipinski definition) is 5. The van der Waals surface area contributed by atoms with Crippen molar-refractivity contribution in [3.8, 4) is 0 Å². The van der Waals surface area contributed by atoms with E-state index in [1.807, 2.05) is 6.26 Å². The lowest BCUT2D eigenvalue weighted by molar-refractivity contribution is -0.118. The van der Waals surface area contributed by atoms with Crippen LogP contribution in [0.4, 0.5) is 5.69 Å². The van der Waals surface area contributed by atoms with Gasteiger partial charge in [-0.2, -0.15) is 11.8 Å². The van der Waals surface area contributed by atoms with Crippen molar-refractivity contribution in [2.24, 2.45) is 5.14 Å². The number of rotatable bonds is 8. The first kappa shape index (κ1) is 22.2. The number of primary sulfonamides is 1. The maximum Gasteiger partial charge on any atom is 0.253 e. The van der Waals surface area contributed by atoms with E-state index in [2.05, 4.69) is 10.6 Å². The molecule has 2 aromatic carbocycles. The topological polar surface area (TPSA) is 118 Å². The van der Waals surface area contributed by atoms with Gasteiger partial charge in [0, 0.05) is 5.69 Å². The van der Waals surface area contributed by atoms with Crippen LogP contribution in [0.25, 0.3) is 0 Å². The molecule has 150 valence electrons. The number of sulfonamides is 1. The van der Waals surface area contributed by atoms with Gasteiger partial charge < -0.3 is 10.6 Å². The summed E-state index contributed by atoms with van der Waals surface area (Å²) >= 11 is 7.57. The number of nitrogens with one attached hydrogen (secondary N) is 2. The van der Waals surface area contributed by atoms with Gasteiger partial charge in [-0.15, -0.1) is 0 Å². The molecule has 2 aromatic rings. The van der Waals surface area contributed by atoms with Crippen molar-refractivity contribution >= 4 is 50.9 Å². The molecule has 2 amide bonds. The summed E-state index contributed by atoms with van der Waals surface area (Å²) in [5.41, 5.74) is 0.528. The van der Waals surface area contributed by atoms with Crippen LogP contribution >= 0.6 is 23.4 Å². The molecular weight excluding hydrogens is 422 g/mol. The average molecular weight is 442 g/mol. The Morgan fingerprint density at radius 2 is 1.89 bits per heavy atom. The lowest BCUT2D eigenvalue weighted by Gasteiger charge is -2.19. The molecule has 0 fully saturated rings. The Morgan fingerprint density at radius 3 is 2.54 bits per heavy atom. The normalized spacial score (nSPS) is 12.2. The van der Waals surface area contributed by atoms with Gasteiger partial charge in [-0.25, -0.2) is 13.6 Å². The summed E-state index contributed by atoms with van der Waals surface area (Å²) in [5, 5.41) is 10.7. The molecule has 0 saturated heterocycles. The molecule has 1 unspecified atom stereocenters. The second-order valence-corrected chi connectivity index (χ2v) is 8.80. The molecule has 0 aliphatic rings. The fraction of sp³-hybridized carbons (Fsp3) is 0.222. The Hall–Kier alpha value is -2.07. The molecule has 4 N–H and O–H groups in total. The van der Waals surface area contributed by atoms with Crippen LogP contribution in [0.15, 0.2) is 53.4 Å². The molecule has 0 aromatic heterocycles. The predicted molar refractivity (Wildman–Crippen MR) is 112 cm³/mol. The Labute approximate surface area is 173 Å². The van der Waals surface area contributed by atoms with Gasteiger partial charge in [-0.3, -0.25) is 9.59 Å². The van der Waals surface area contributed by atoms with Crippen LogP contribution in [0.5, 0.6) is 0 Å². The summed E-state index contributed by atoms with van der Waals surface area (Å²) in [7, 11) is -3.89. The Kier molecular flexibility index (Phi) is 7.88. The van der Waals surface area contributed by atoms with E-state index in [-0.39, 0.29) is 21.2 Å². The van der Waals surface area contributed by atoms with Crippen molar-refractivity contribution < 1.29 is 18.0 Å². The van der Waals surface area contributed by atoms with Crippen LogP contribution in [-0.4, -0.2) is 38.3 Å². The monoisotopic (exact) mass is 441 g/mol. The highest BCUT2D eigenvalue weighted by atomic mass is 35.5. The first-order valence-corrected chi connectivity index (χ1v) is 11.5. The molecule has 0 saturated carbocycles. The number of nitrogens with two attached hydrogens (primary N) is 1. The van der Waals surface area contributed by atoms with Crippen molar-refractivity contribution in [3.05, 3.63) is 59.1 Å². The van der Waals surface area contributed by atoms with E-state index in [0.717, 1.165) is 0 Å². The molecular formula is C18H20ClN3O4S2. The molecule has 2 rings (SSSR count). The van der Waals surface area contributed by atoms with Gasteiger partial charge >= 0.3 is 0 Å². The molecule has 28 heavy (non-hydrogen) atoms. The minimum Gasteiger partial charge on any atom is -0.340 e. The summed E-state index contributed by atoms with van der Waals surface area (Å²) in [6.45, 7) is 0. The molecule has 0 spiro atoms. The van der Waals surface area contributed by atoms with Gasteiger partial charge in [0.25, 0.3) is 5.91 Å². The average Bonchev–Trinajstić information content (AvgIpc) is 2.64. The van der Waals surface area contributed by atoms with Crippen molar-refractivity contribution in [1.82, 2.24) is 5.32 Å². The second kappa shape index (κ2) is 9.92. The fourth-order valence-corrected chi connectivity index (χ4v) is 3.62. The largest absolute Gasteiger partial charge is 0.340 e. The van der Waals surface area contributed by atoms with Crippen molar-refractivity contribution in [2.75, 3.05) is 17.3 Å². The van der Waals surface area contributed by atoms with Gasteiger partial charge in [-0.05, 0) is 48.8 Å².